The van der Waals surface area contributed by atoms with E-state index in [9.17, 15) is 4.79 Å². The van der Waals surface area contributed by atoms with Crippen molar-refractivity contribution in [1.82, 2.24) is 0 Å². The van der Waals surface area contributed by atoms with E-state index in [1.807, 2.05) is 25.6 Å². The van der Waals surface area contributed by atoms with Crippen LogP contribution in [-0.4, -0.2) is 16.3 Å². The van der Waals surface area contributed by atoms with Crippen molar-refractivity contribution in [2.45, 2.75) is 48.7 Å². The van der Waals surface area contributed by atoms with Gasteiger partial charge in [0, 0.05) is 20.0 Å². The van der Waals surface area contributed by atoms with Gasteiger partial charge in [-0.25, -0.2) is 0 Å². The molecule has 0 amide bonds. The SMILES string of the molecule is CC(C)(CC(=O)O)c1ccc(SC2CC2)c(Br)c1. The van der Waals surface area contributed by atoms with E-state index in [4.69, 9.17) is 5.11 Å². The van der Waals surface area contributed by atoms with Gasteiger partial charge in [0.15, 0.2) is 0 Å². The monoisotopic (exact) mass is 328 g/mol. The van der Waals surface area contributed by atoms with Crippen LogP contribution in [0.3, 0.4) is 0 Å². The van der Waals surface area contributed by atoms with E-state index in [1.165, 1.54) is 17.7 Å². The van der Waals surface area contributed by atoms with Crippen molar-refractivity contribution in [1.29, 1.82) is 0 Å². The highest BCUT2D eigenvalue weighted by molar-refractivity contribution is 9.10. The average Bonchev–Trinajstić information content (AvgIpc) is 3.02. The lowest BCUT2D eigenvalue weighted by molar-refractivity contribution is -0.138. The topological polar surface area (TPSA) is 37.3 Å². The molecule has 1 saturated carbocycles. The van der Waals surface area contributed by atoms with E-state index in [2.05, 4.69) is 34.1 Å². The van der Waals surface area contributed by atoms with Crippen LogP contribution in [-0.2, 0) is 10.2 Å². The minimum absolute atomic E-state index is 0.147. The number of thioether (sulfide) groups is 1. The molecule has 0 aliphatic heterocycles. The second kappa shape index (κ2) is 5.25. The molecule has 0 aromatic heterocycles. The van der Waals surface area contributed by atoms with Crippen molar-refractivity contribution >= 4 is 33.7 Å². The first kappa shape index (κ1) is 13.9. The molecule has 1 aliphatic carbocycles. The van der Waals surface area contributed by atoms with Crippen LogP contribution in [0, 0.1) is 0 Å². The number of halogens is 1. The van der Waals surface area contributed by atoms with Crippen LogP contribution in [0.15, 0.2) is 27.6 Å². The number of aliphatic carboxylic acids is 1. The Balaban J connectivity index is 2.18. The number of benzene rings is 1. The number of carbonyl (C=O) groups is 1. The summed E-state index contributed by atoms with van der Waals surface area (Å²) in [4.78, 5) is 12.1. The fourth-order valence-electron chi connectivity index (χ4n) is 1.86. The van der Waals surface area contributed by atoms with Crippen molar-refractivity contribution in [3.63, 3.8) is 0 Å². The van der Waals surface area contributed by atoms with Crippen LogP contribution < -0.4 is 0 Å². The van der Waals surface area contributed by atoms with Gasteiger partial charge in [-0.1, -0.05) is 19.9 Å². The zero-order valence-corrected chi connectivity index (χ0v) is 13.0. The molecule has 1 aromatic rings. The molecule has 2 rings (SSSR count). The molecule has 0 atom stereocenters. The minimum atomic E-state index is -0.757. The van der Waals surface area contributed by atoms with Gasteiger partial charge in [-0.05, 0) is 46.5 Å². The summed E-state index contributed by atoms with van der Waals surface area (Å²) in [5, 5.41) is 9.72. The number of hydrogen-bond donors (Lipinski definition) is 1. The van der Waals surface area contributed by atoms with E-state index in [0.29, 0.717) is 0 Å². The maximum Gasteiger partial charge on any atom is 0.304 e. The highest BCUT2D eigenvalue weighted by Gasteiger charge is 2.26. The zero-order valence-electron chi connectivity index (χ0n) is 10.6. The predicted octanol–water partition coefficient (Wildman–Crippen LogP) is 4.46. The highest BCUT2D eigenvalue weighted by Crippen LogP contribution is 2.43. The Bertz CT molecular complexity index is 467. The lowest BCUT2D eigenvalue weighted by Gasteiger charge is -2.23. The standard InChI is InChI=1S/C14H17BrO2S/c1-14(2,8-13(16)17)9-3-6-12(11(15)7-9)18-10-4-5-10/h3,6-7,10H,4-5,8H2,1-2H3,(H,16,17). The molecule has 0 spiro atoms. The summed E-state index contributed by atoms with van der Waals surface area (Å²) < 4.78 is 1.08. The highest BCUT2D eigenvalue weighted by atomic mass is 79.9. The summed E-state index contributed by atoms with van der Waals surface area (Å²) in [7, 11) is 0. The molecule has 4 heteroatoms. The summed E-state index contributed by atoms with van der Waals surface area (Å²) in [6, 6.07) is 6.22. The maximum absolute atomic E-state index is 10.9. The predicted molar refractivity (Wildman–Crippen MR) is 78.3 cm³/mol. The van der Waals surface area contributed by atoms with Crippen molar-refractivity contribution in [2.75, 3.05) is 0 Å². The molecule has 98 valence electrons. The first-order valence-corrected chi connectivity index (χ1v) is 7.74. The van der Waals surface area contributed by atoms with Crippen LogP contribution in [0.25, 0.3) is 0 Å². The molecule has 1 fully saturated rings. The van der Waals surface area contributed by atoms with Gasteiger partial charge in [0.1, 0.15) is 0 Å². The molecule has 0 unspecified atom stereocenters. The normalized spacial score (nSPS) is 15.7. The summed E-state index contributed by atoms with van der Waals surface area (Å²) in [5.74, 6) is -0.757. The van der Waals surface area contributed by atoms with E-state index in [1.54, 1.807) is 0 Å². The molecule has 18 heavy (non-hydrogen) atoms. The van der Waals surface area contributed by atoms with Crippen molar-refractivity contribution in [3.05, 3.63) is 28.2 Å². The van der Waals surface area contributed by atoms with Crippen molar-refractivity contribution < 1.29 is 9.90 Å². The molecular formula is C14H17BrO2S. The first-order valence-electron chi connectivity index (χ1n) is 6.07. The van der Waals surface area contributed by atoms with E-state index in [0.717, 1.165) is 15.3 Å². The molecular weight excluding hydrogens is 312 g/mol. The number of rotatable bonds is 5. The molecule has 0 saturated heterocycles. The first-order chi connectivity index (χ1) is 8.38. The van der Waals surface area contributed by atoms with Crippen LogP contribution in [0.2, 0.25) is 0 Å². The number of hydrogen-bond acceptors (Lipinski definition) is 2. The Kier molecular flexibility index (Phi) is 4.07. The molecule has 0 bridgehead atoms. The molecule has 1 N–H and O–H groups in total. The third kappa shape index (κ3) is 3.51. The maximum atomic E-state index is 10.9. The third-order valence-electron chi connectivity index (χ3n) is 3.12. The largest absolute Gasteiger partial charge is 0.481 e. The molecule has 1 aromatic carbocycles. The Morgan fingerprint density at radius 1 is 1.50 bits per heavy atom. The lowest BCUT2D eigenvalue weighted by atomic mass is 9.82. The average molecular weight is 329 g/mol. The van der Waals surface area contributed by atoms with Crippen LogP contribution in [0.4, 0.5) is 0 Å². The quantitative estimate of drug-likeness (QED) is 0.867. The summed E-state index contributed by atoms with van der Waals surface area (Å²) in [5.41, 5.74) is 0.730. The van der Waals surface area contributed by atoms with Gasteiger partial charge < -0.3 is 5.11 Å². The molecule has 0 radical (unpaired) electrons. The van der Waals surface area contributed by atoms with Crippen LogP contribution in [0.5, 0.6) is 0 Å². The second-order valence-electron chi connectivity index (χ2n) is 5.42. The van der Waals surface area contributed by atoms with Gasteiger partial charge in [-0.2, -0.15) is 0 Å². The van der Waals surface area contributed by atoms with Crippen LogP contribution in [0.1, 0.15) is 38.7 Å². The Hall–Kier alpha value is -0.480. The molecule has 0 heterocycles. The van der Waals surface area contributed by atoms with E-state index < -0.39 is 5.97 Å². The third-order valence-corrected chi connectivity index (χ3v) is 5.46. The van der Waals surface area contributed by atoms with E-state index in [-0.39, 0.29) is 11.8 Å². The van der Waals surface area contributed by atoms with Crippen LogP contribution >= 0.6 is 27.7 Å². The van der Waals surface area contributed by atoms with E-state index >= 15 is 0 Å². The fraction of sp³-hybridized carbons (Fsp3) is 0.500. The molecule has 2 nitrogen and oxygen atoms in total. The van der Waals surface area contributed by atoms with Gasteiger partial charge >= 0.3 is 5.97 Å². The zero-order chi connectivity index (χ0) is 13.3. The Morgan fingerprint density at radius 3 is 2.67 bits per heavy atom. The van der Waals surface area contributed by atoms with Gasteiger partial charge in [-0.3, -0.25) is 4.79 Å². The Morgan fingerprint density at radius 2 is 2.17 bits per heavy atom. The minimum Gasteiger partial charge on any atom is -0.481 e. The van der Waals surface area contributed by atoms with Crippen molar-refractivity contribution in [2.24, 2.45) is 0 Å². The lowest BCUT2D eigenvalue weighted by Crippen LogP contribution is -2.21. The summed E-state index contributed by atoms with van der Waals surface area (Å²) in [6.45, 7) is 3.94. The molecule has 1 aliphatic rings. The van der Waals surface area contributed by atoms with Gasteiger partial charge in [-0.15, -0.1) is 11.8 Å². The Labute approximate surface area is 120 Å². The van der Waals surface area contributed by atoms with Gasteiger partial charge in [0.2, 0.25) is 0 Å². The second-order valence-corrected chi connectivity index (χ2v) is 7.61. The smallest absolute Gasteiger partial charge is 0.304 e. The number of carboxylic acids is 1. The summed E-state index contributed by atoms with van der Waals surface area (Å²) in [6.07, 6.45) is 2.77. The summed E-state index contributed by atoms with van der Waals surface area (Å²) >= 11 is 5.50. The fourth-order valence-corrected chi connectivity index (χ4v) is 3.57. The van der Waals surface area contributed by atoms with Gasteiger partial charge in [0.25, 0.3) is 0 Å². The van der Waals surface area contributed by atoms with Crippen molar-refractivity contribution in [3.8, 4) is 0 Å². The number of carboxylic acid groups (broad SMARTS) is 1. The van der Waals surface area contributed by atoms with Gasteiger partial charge in [0.05, 0.1) is 6.42 Å².